The molecule has 6 heteroatoms. The second-order valence-electron chi connectivity index (χ2n) is 3.90. The Balaban J connectivity index is 2.61. The lowest BCUT2D eigenvalue weighted by Gasteiger charge is -2.24. The summed E-state index contributed by atoms with van der Waals surface area (Å²) >= 11 is 0. The average Bonchev–Trinajstić information content (AvgIpc) is 2.90. The molecular weight excluding hydrogens is 248 g/mol. The molecule has 0 saturated heterocycles. The van der Waals surface area contributed by atoms with Gasteiger partial charge in [-0.05, 0) is 19.1 Å². The van der Waals surface area contributed by atoms with Gasteiger partial charge < -0.3 is 19.6 Å². The standard InChI is InChI=1S/C13H12N2O4/c1-7-10(13(16)17-2)11(9-4-3-5-18-9)8(6-14)12(15)19-7/h3-5,11H,15H2,1-2H3/t11-/m0/s1. The summed E-state index contributed by atoms with van der Waals surface area (Å²) in [6, 6.07) is 5.28. The molecule has 0 fully saturated rings. The van der Waals surface area contributed by atoms with Gasteiger partial charge in [0.05, 0.1) is 24.9 Å². The molecule has 6 nitrogen and oxygen atoms in total. The maximum atomic E-state index is 11.9. The minimum atomic E-state index is -0.707. The molecule has 1 aromatic heterocycles. The highest BCUT2D eigenvalue weighted by molar-refractivity contribution is 5.92. The summed E-state index contributed by atoms with van der Waals surface area (Å²) in [7, 11) is 1.26. The number of nitrogens with zero attached hydrogens (tertiary/aromatic N) is 1. The van der Waals surface area contributed by atoms with Crippen molar-refractivity contribution in [2.45, 2.75) is 12.8 Å². The van der Waals surface area contributed by atoms with Gasteiger partial charge in [0.1, 0.15) is 23.2 Å². The molecule has 0 bridgehead atoms. The number of carbonyl (C=O) groups is 1. The van der Waals surface area contributed by atoms with Crippen LogP contribution in [0.3, 0.4) is 0 Å². The molecule has 0 unspecified atom stereocenters. The lowest BCUT2D eigenvalue weighted by Crippen LogP contribution is -2.24. The molecule has 19 heavy (non-hydrogen) atoms. The van der Waals surface area contributed by atoms with Gasteiger partial charge in [-0.15, -0.1) is 0 Å². The minimum absolute atomic E-state index is 0.0333. The van der Waals surface area contributed by atoms with Crippen LogP contribution in [0, 0.1) is 11.3 Å². The van der Waals surface area contributed by atoms with E-state index in [2.05, 4.69) is 0 Å². The van der Waals surface area contributed by atoms with Crippen molar-refractivity contribution in [1.82, 2.24) is 0 Å². The second kappa shape index (κ2) is 4.90. The molecule has 0 amide bonds. The monoisotopic (exact) mass is 260 g/mol. The number of carbonyl (C=O) groups excluding carboxylic acids is 1. The molecule has 1 atom stereocenters. The molecule has 1 aliphatic rings. The van der Waals surface area contributed by atoms with E-state index in [1.807, 2.05) is 6.07 Å². The third-order valence-electron chi connectivity index (χ3n) is 2.84. The largest absolute Gasteiger partial charge is 0.468 e. The molecule has 0 aromatic carbocycles. The van der Waals surface area contributed by atoms with Gasteiger partial charge in [-0.3, -0.25) is 0 Å². The lowest BCUT2D eigenvalue weighted by molar-refractivity contribution is -0.136. The van der Waals surface area contributed by atoms with E-state index >= 15 is 0 Å². The van der Waals surface area contributed by atoms with Crippen molar-refractivity contribution in [3.8, 4) is 6.07 Å². The first-order chi connectivity index (χ1) is 9.10. The average molecular weight is 260 g/mol. The number of nitriles is 1. The number of esters is 1. The van der Waals surface area contributed by atoms with Crippen molar-refractivity contribution in [3.05, 3.63) is 46.9 Å². The van der Waals surface area contributed by atoms with Gasteiger partial charge in [0.25, 0.3) is 0 Å². The number of furan rings is 1. The van der Waals surface area contributed by atoms with Crippen molar-refractivity contribution in [2.24, 2.45) is 5.73 Å². The Labute approximate surface area is 109 Å². The Kier molecular flexibility index (Phi) is 3.29. The van der Waals surface area contributed by atoms with Crippen LogP contribution in [0.15, 0.2) is 45.6 Å². The van der Waals surface area contributed by atoms with E-state index in [1.54, 1.807) is 19.1 Å². The number of nitrogens with two attached hydrogens (primary N) is 1. The van der Waals surface area contributed by atoms with Crippen LogP contribution in [0.5, 0.6) is 0 Å². The van der Waals surface area contributed by atoms with E-state index < -0.39 is 11.9 Å². The fraction of sp³-hybridized carbons (Fsp3) is 0.231. The quantitative estimate of drug-likeness (QED) is 0.810. The van der Waals surface area contributed by atoms with Gasteiger partial charge in [0, 0.05) is 0 Å². The Hall–Kier alpha value is -2.68. The fourth-order valence-corrected chi connectivity index (χ4v) is 2.00. The van der Waals surface area contributed by atoms with Gasteiger partial charge in [0.15, 0.2) is 0 Å². The topological polar surface area (TPSA) is 98.5 Å². The predicted molar refractivity (Wildman–Crippen MR) is 64.1 cm³/mol. The first-order valence-corrected chi connectivity index (χ1v) is 5.50. The van der Waals surface area contributed by atoms with Crippen molar-refractivity contribution >= 4 is 5.97 Å². The number of hydrogen-bond donors (Lipinski definition) is 1. The van der Waals surface area contributed by atoms with E-state index in [0.717, 1.165) is 0 Å². The van der Waals surface area contributed by atoms with Crippen molar-refractivity contribution in [2.75, 3.05) is 7.11 Å². The van der Waals surface area contributed by atoms with Gasteiger partial charge in [-0.25, -0.2) is 4.79 Å². The second-order valence-corrected chi connectivity index (χ2v) is 3.90. The molecule has 0 spiro atoms. The Bertz CT molecular complexity index is 605. The predicted octanol–water partition coefficient (Wildman–Crippen LogP) is 1.53. The summed E-state index contributed by atoms with van der Waals surface area (Å²) in [5, 5.41) is 9.20. The van der Waals surface area contributed by atoms with E-state index in [0.29, 0.717) is 11.5 Å². The molecular formula is C13H12N2O4. The maximum absolute atomic E-state index is 11.9. The zero-order valence-corrected chi connectivity index (χ0v) is 10.5. The van der Waals surface area contributed by atoms with Crippen molar-refractivity contribution in [1.29, 1.82) is 5.26 Å². The zero-order valence-electron chi connectivity index (χ0n) is 10.5. The molecule has 0 saturated carbocycles. The van der Waals surface area contributed by atoms with Crippen LogP contribution in [0.25, 0.3) is 0 Å². The van der Waals surface area contributed by atoms with Crippen molar-refractivity contribution in [3.63, 3.8) is 0 Å². The third kappa shape index (κ3) is 2.06. The number of rotatable bonds is 2. The number of methoxy groups -OCH3 is 1. The Morgan fingerprint density at radius 2 is 2.32 bits per heavy atom. The van der Waals surface area contributed by atoms with Crippen LogP contribution in [0.2, 0.25) is 0 Å². The van der Waals surface area contributed by atoms with E-state index in [1.165, 1.54) is 13.4 Å². The Morgan fingerprint density at radius 1 is 1.58 bits per heavy atom. The summed E-state index contributed by atoms with van der Waals surface area (Å²) in [6.45, 7) is 1.59. The third-order valence-corrected chi connectivity index (χ3v) is 2.84. The SMILES string of the molecule is COC(=O)C1=C(C)OC(N)=C(C#N)[C@H]1c1ccco1. The molecule has 0 radical (unpaired) electrons. The number of ether oxygens (including phenoxy) is 2. The normalized spacial score (nSPS) is 18.9. The number of hydrogen-bond acceptors (Lipinski definition) is 6. The first-order valence-electron chi connectivity index (χ1n) is 5.50. The summed E-state index contributed by atoms with van der Waals surface area (Å²) in [4.78, 5) is 11.9. The zero-order chi connectivity index (χ0) is 14.0. The molecule has 2 heterocycles. The highest BCUT2D eigenvalue weighted by atomic mass is 16.5. The summed E-state index contributed by atoms with van der Waals surface area (Å²) in [5.74, 6) is -0.596. The van der Waals surface area contributed by atoms with Crippen LogP contribution in [0.4, 0.5) is 0 Å². The van der Waals surface area contributed by atoms with Gasteiger partial charge in [-0.1, -0.05) is 0 Å². The van der Waals surface area contributed by atoms with Crippen molar-refractivity contribution < 1.29 is 18.7 Å². The lowest BCUT2D eigenvalue weighted by atomic mass is 9.87. The summed E-state index contributed by atoms with van der Waals surface area (Å²) < 4.78 is 15.2. The molecule has 1 aromatic rings. The van der Waals surface area contributed by atoms with Crippen LogP contribution in [0.1, 0.15) is 18.6 Å². The van der Waals surface area contributed by atoms with Crippen LogP contribution in [-0.2, 0) is 14.3 Å². The Morgan fingerprint density at radius 3 is 2.84 bits per heavy atom. The number of allylic oxidation sites excluding steroid dienone is 2. The van der Waals surface area contributed by atoms with Crippen LogP contribution in [-0.4, -0.2) is 13.1 Å². The van der Waals surface area contributed by atoms with E-state index in [-0.39, 0.29) is 17.0 Å². The molecule has 1 aliphatic heterocycles. The molecule has 0 aliphatic carbocycles. The maximum Gasteiger partial charge on any atom is 0.338 e. The van der Waals surface area contributed by atoms with Gasteiger partial charge in [0.2, 0.25) is 5.88 Å². The van der Waals surface area contributed by atoms with Crippen LogP contribution < -0.4 is 5.73 Å². The van der Waals surface area contributed by atoms with Gasteiger partial charge >= 0.3 is 5.97 Å². The van der Waals surface area contributed by atoms with E-state index in [4.69, 9.17) is 19.6 Å². The molecule has 2 N–H and O–H groups in total. The first kappa shape index (κ1) is 12.8. The summed E-state index contributed by atoms with van der Waals surface area (Å²) in [6.07, 6.45) is 1.46. The highest BCUT2D eigenvalue weighted by Crippen LogP contribution is 2.39. The van der Waals surface area contributed by atoms with Crippen LogP contribution >= 0.6 is 0 Å². The molecule has 98 valence electrons. The molecule has 2 rings (SSSR count). The highest BCUT2D eigenvalue weighted by Gasteiger charge is 2.37. The van der Waals surface area contributed by atoms with Gasteiger partial charge in [-0.2, -0.15) is 5.26 Å². The van der Waals surface area contributed by atoms with E-state index in [9.17, 15) is 10.1 Å². The fourth-order valence-electron chi connectivity index (χ4n) is 2.00. The summed E-state index contributed by atoms with van der Waals surface area (Å²) in [5.41, 5.74) is 6.02. The smallest absolute Gasteiger partial charge is 0.338 e. The minimum Gasteiger partial charge on any atom is -0.468 e.